The fourth-order valence-corrected chi connectivity index (χ4v) is 2.60. The molecule has 110 valence electrons. The van der Waals surface area contributed by atoms with Gasteiger partial charge in [0.15, 0.2) is 0 Å². The molecule has 1 unspecified atom stereocenters. The van der Waals surface area contributed by atoms with E-state index in [1.54, 1.807) is 0 Å². The van der Waals surface area contributed by atoms with Crippen molar-refractivity contribution in [2.24, 2.45) is 0 Å². The lowest BCUT2D eigenvalue weighted by Crippen LogP contribution is -2.28. The van der Waals surface area contributed by atoms with E-state index in [1.165, 1.54) is 17.8 Å². The van der Waals surface area contributed by atoms with E-state index in [4.69, 9.17) is 4.98 Å². The van der Waals surface area contributed by atoms with Crippen molar-refractivity contribution in [1.82, 2.24) is 14.9 Å². The highest BCUT2D eigenvalue weighted by atomic mass is 15.1. The Morgan fingerprint density at radius 3 is 2.75 bits per heavy atom. The number of aromatic nitrogens is 2. The van der Waals surface area contributed by atoms with Crippen molar-refractivity contribution < 1.29 is 0 Å². The number of nitrogens with one attached hydrogen (secondary N) is 1. The second-order valence-corrected chi connectivity index (χ2v) is 5.56. The molecule has 2 aromatic rings. The van der Waals surface area contributed by atoms with Gasteiger partial charge in [0.05, 0.1) is 11.0 Å². The van der Waals surface area contributed by atoms with E-state index in [1.807, 2.05) is 0 Å². The largest absolute Gasteiger partial charge is 0.328 e. The van der Waals surface area contributed by atoms with Crippen LogP contribution in [-0.4, -0.2) is 22.1 Å². The Kier molecular flexibility index (Phi) is 5.60. The van der Waals surface area contributed by atoms with Crippen LogP contribution in [-0.2, 0) is 13.0 Å². The fraction of sp³-hybridized carbons (Fsp3) is 0.588. The number of para-hydroxylation sites is 2. The Hall–Kier alpha value is -1.35. The molecular formula is C17H27N3. The van der Waals surface area contributed by atoms with E-state index >= 15 is 0 Å². The van der Waals surface area contributed by atoms with Gasteiger partial charge in [0.2, 0.25) is 0 Å². The van der Waals surface area contributed by atoms with Crippen LogP contribution < -0.4 is 5.32 Å². The van der Waals surface area contributed by atoms with Gasteiger partial charge in [-0.2, -0.15) is 0 Å². The lowest BCUT2D eigenvalue weighted by molar-refractivity contribution is 0.474. The maximum absolute atomic E-state index is 4.79. The predicted octanol–water partition coefficient (Wildman–Crippen LogP) is 3.77. The number of fused-ring (bicyclic) bond motifs is 1. The van der Waals surface area contributed by atoms with E-state index < -0.39 is 0 Å². The Labute approximate surface area is 122 Å². The first-order valence-electron chi connectivity index (χ1n) is 7.93. The summed E-state index contributed by atoms with van der Waals surface area (Å²) in [4.78, 5) is 4.79. The molecule has 1 atom stereocenters. The van der Waals surface area contributed by atoms with Gasteiger partial charge < -0.3 is 9.88 Å². The highest BCUT2D eigenvalue weighted by Gasteiger charge is 2.10. The molecule has 0 bridgehead atoms. The second-order valence-electron chi connectivity index (χ2n) is 5.56. The van der Waals surface area contributed by atoms with Gasteiger partial charge in [0, 0.05) is 19.0 Å². The van der Waals surface area contributed by atoms with Crippen LogP contribution in [0.25, 0.3) is 11.0 Å². The molecule has 0 fully saturated rings. The predicted molar refractivity (Wildman–Crippen MR) is 86.1 cm³/mol. The zero-order valence-electron chi connectivity index (χ0n) is 13.0. The number of hydrogen-bond donors (Lipinski definition) is 1. The van der Waals surface area contributed by atoms with Gasteiger partial charge in [-0.25, -0.2) is 4.98 Å². The van der Waals surface area contributed by atoms with E-state index in [0.717, 1.165) is 37.9 Å². The molecule has 3 nitrogen and oxygen atoms in total. The van der Waals surface area contributed by atoms with Crippen LogP contribution >= 0.6 is 0 Å². The molecule has 2 rings (SSSR count). The summed E-state index contributed by atoms with van der Waals surface area (Å²) >= 11 is 0. The normalized spacial score (nSPS) is 12.9. The summed E-state index contributed by atoms with van der Waals surface area (Å²) in [6.45, 7) is 8.85. The summed E-state index contributed by atoms with van der Waals surface area (Å²) in [7, 11) is 0. The summed E-state index contributed by atoms with van der Waals surface area (Å²) in [6, 6.07) is 9.04. The minimum atomic E-state index is 0.561. The lowest BCUT2D eigenvalue weighted by atomic mass is 10.2. The van der Waals surface area contributed by atoms with E-state index in [-0.39, 0.29) is 0 Å². The van der Waals surface area contributed by atoms with Crippen LogP contribution in [0.4, 0.5) is 0 Å². The molecule has 0 spiro atoms. The zero-order valence-corrected chi connectivity index (χ0v) is 13.0. The molecule has 0 radical (unpaired) electrons. The Balaban J connectivity index is 2.12. The molecule has 0 aliphatic rings. The summed E-state index contributed by atoms with van der Waals surface area (Å²) < 4.78 is 2.41. The van der Waals surface area contributed by atoms with Gasteiger partial charge in [0.25, 0.3) is 0 Å². The van der Waals surface area contributed by atoms with Gasteiger partial charge in [0.1, 0.15) is 5.82 Å². The van der Waals surface area contributed by atoms with Crippen molar-refractivity contribution in [3.05, 3.63) is 30.1 Å². The minimum absolute atomic E-state index is 0.561. The van der Waals surface area contributed by atoms with Crippen LogP contribution in [0.1, 0.15) is 45.9 Å². The maximum Gasteiger partial charge on any atom is 0.109 e. The van der Waals surface area contributed by atoms with Crippen molar-refractivity contribution in [1.29, 1.82) is 0 Å². The van der Waals surface area contributed by atoms with Crippen LogP contribution in [0.2, 0.25) is 0 Å². The molecule has 1 aromatic carbocycles. The van der Waals surface area contributed by atoms with Crippen LogP contribution in [0.3, 0.4) is 0 Å². The van der Waals surface area contributed by atoms with Crippen molar-refractivity contribution in [2.45, 2.75) is 59.0 Å². The summed E-state index contributed by atoms with van der Waals surface area (Å²) in [6.07, 6.45) is 4.55. The quantitative estimate of drug-likeness (QED) is 0.793. The van der Waals surface area contributed by atoms with Crippen molar-refractivity contribution in [2.75, 3.05) is 6.54 Å². The van der Waals surface area contributed by atoms with Gasteiger partial charge in [-0.3, -0.25) is 0 Å². The Bertz CT molecular complexity index is 530. The number of imidazole rings is 1. The number of benzene rings is 1. The fourth-order valence-electron chi connectivity index (χ4n) is 2.60. The number of rotatable bonds is 8. The van der Waals surface area contributed by atoms with Gasteiger partial charge >= 0.3 is 0 Å². The molecule has 0 saturated carbocycles. The Morgan fingerprint density at radius 1 is 1.20 bits per heavy atom. The zero-order chi connectivity index (χ0) is 14.4. The molecular weight excluding hydrogens is 246 g/mol. The third-order valence-corrected chi connectivity index (χ3v) is 3.74. The third-order valence-electron chi connectivity index (χ3n) is 3.74. The number of nitrogens with zero attached hydrogens (tertiary/aromatic N) is 2. The molecule has 1 aromatic heterocycles. The third kappa shape index (κ3) is 3.60. The van der Waals surface area contributed by atoms with E-state index in [9.17, 15) is 0 Å². The SMILES string of the molecule is CCCNC(C)CCn1c(CCC)nc2ccccc21. The molecule has 0 aliphatic carbocycles. The lowest BCUT2D eigenvalue weighted by Gasteiger charge is -2.15. The van der Waals surface area contributed by atoms with E-state index in [2.05, 4.69) is 54.9 Å². The molecule has 0 aliphatic heterocycles. The highest BCUT2D eigenvalue weighted by Crippen LogP contribution is 2.18. The number of aryl methyl sites for hydroxylation is 2. The summed E-state index contributed by atoms with van der Waals surface area (Å²) in [5.74, 6) is 1.23. The molecule has 3 heteroatoms. The summed E-state index contributed by atoms with van der Waals surface area (Å²) in [5.41, 5.74) is 2.41. The van der Waals surface area contributed by atoms with Gasteiger partial charge in [-0.15, -0.1) is 0 Å². The molecule has 20 heavy (non-hydrogen) atoms. The van der Waals surface area contributed by atoms with Crippen LogP contribution in [0, 0.1) is 0 Å². The average Bonchev–Trinajstić information content (AvgIpc) is 2.81. The molecule has 0 saturated heterocycles. The van der Waals surface area contributed by atoms with E-state index in [0.29, 0.717) is 6.04 Å². The minimum Gasteiger partial charge on any atom is -0.328 e. The summed E-state index contributed by atoms with van der Waals surface area (Å²) in [5, 5.41) is 3.56. The van der Waals surface area contributed by atoms with Crippen molar-refractivity contribution in [3.63, 3.8) is 0 Å². The first kappa shape index (κ1) is 15.0. The average molecular weight is 273 g/mol. The van der Waals surface area contributed by atoms with Gasteiger partial charge in [-0.1, -0.05) is 26.0 Å². The first-order valence-corrected chi connectivity index (χ1v) is 7.93. The molecule has 0 amide bonds. The second kappa shape index (κ2) is 7.44. The molecule has 1 heterocycles. The topological polar surface area (TPSA) is 29.9 Å². The van der Waals surface area contributed by atoms with Crippen molar-refractivity contribution >= 4 is 11.0 Å². The molecule has 1 N–H and O–H groups in total. The highest BCUT2D eigenvalue weighted by molar-refractivity contribution is 5.75. The van der Waals surface area contributed by atoms with Gasteiger partial charge in [-0.05, 0) is 44.9 Å². The monoisotopic (exact) mass is 273 g/mol. The number of hydrogen-bond acceptors (Lipinski definition) is 2. The smallest absolute Gasteiger partial charge is 0.109 e. The maximum atomic E-state index is 4.79. The van der Waals surface area contributed by atoms with Crippen molar-refractivity contribution in [3.8, 4) is 0 Å². The Morgan fingerprint density at radius 2 is 2.00 bits per heavy atom. The standard InChI is InChI=1S/C17H27N3/c1-4-8-17-19-15-9-6-7-10-16(15)20(17)13-11-14(3)18-12-5-2/h6-7,9-10,14,18H,4-5,8,11-13H2,1-3H3. The van der Waals surface area contributed by atoms with Crippen LogP contribution in [0.5, 0.6) is 0 Å². The first-order chi connectivity index (χ1) is 9.76. The van der Waals surface area contributed by atoms with Crippen LogP contribution in [0.15, 0.2) is 24.3 Å².